The first kappa shape index (κ1) is 23.9. The van der Waals surface area contributed by atoms with Crippen LogP contribution in [-0.4, -0.2) is 32.8 Å². The smallest absolute Gasteiger partial charge is 0.338 e. The van der Waals surface area contributed by atoms with E-state index in [9.17, 15) is 18.8 Å². The van der Waals surface area contributed by atoms with Crippen molar-refractivity contribution in [1.82, 2.24) is 14.3 Å². The van der Waals surface area contributed by atoms with Crippen LogP contribution in [0.5, 0.6) is 0 Å². The van der Waals surface area contributed by atoms with Crippen molar-refractivity contribution in [3.8, 4) is 0 Å². The number of ether oxygens (including phenoxy) is 1. The molecule has 0 aliphatic heterocycles. The van der Waals surface area contributed by atoms with E-state index in [4.69, 9.17) is 4.74 Å². The van der Waals surface area contributed by atoms with E-state index in [2.05, 4.69) is 10.4 Å². The summed E-state index contributed by atoms with van der Waals surface area (Å²) in [6.45, 7) is 5.56. The van der Waals surface area contributed by atoms with Crippen LogP contribution in [0.3, 0.4) is 0 Å². The molecule has 0 fully saturated rings. The summed E-state index contributed by atoms with van der Waals surface area (Å²) >= 11 is 0. The van der Waals surface area contributed by atoms with Crippen molar-refractivity contribution >= 4 is 28.3 Å². The van der Waals surface area contributed by atoms with Gasteiger partial charge in [0.2, 0.25) is 5.91 Å². The zero-order chi connectivity index (χ0) is 25.1. The molecule has 1 N–H and O–H groups in total. The van der Waals surface area contributed by atoms with Crippen molar-refractivity contribution in [2.75, 3.05) is 11.9 Å². The van der Waals surface area contributed by atoms with Gasteiger partial charge in [0.25, 0.3) is 5.56 Å². The molecule has 0 unspecified atom stereocenters. The molecule has 4 rings (SSSR count). The monoisotopic (exact) mass is 476 g/mol. The van der Waals surface area contributed by atoms with Gasteiger partial charge in [0.1, 0.15) is 12.4 Å². The molecular formula is C26H25FN4O4. The first-order chi connectivity index (χ1) is 16.8. The number of carbonyl (C=O) groups excluding carboxylic acids is 2. The second-order valence-corrected chi connectivity index (χ2v) is 8.09. The first-order valence-electron chi connectivity index (χ1n) is 11.2. The second kappa shape index (κ2) is 9.92. The number of hydrogen-bond acceptors (Lipinski definition) is 5. The number of hydrogen-bond donors (Lipinski definition) is 1. The number of benzene rings is 2. The lowest BCUT2D eigenvalue weighted by atomic mass is 10.2. The van der Waals surface area contributed by atoms with Crippen molar-refractivity contribution in [2.24, 2.45) is 0 Å². The maximum atomic E-state index is 14.2. The van der Waals surface area contributed by atoms with Crippen LogP contribution in [0.15, 0.2) is 59.5 Å². The molecule has 1 amide bonds. The van der Waals surface area contributed by atoms with Crippen LogP contribution >= 0.6 is 0 Å². The van der Waals surface area contributed by atoms with E-state index >= 15 is 0 Å². The molecule has 0 radical (unpaired) electrons. The molecular weight excluding hydrogens is 451 g/mol. The highest BCUT2D eigenvalue weighted by Crippen LogP contribution is 2.23. The van der Waals surface area contributed by atoms with Gasteiger partial charge < -0.3 is 14.6 Å². The van der Waals surface area contributed by atoms with Crippen LogP contribution in [-0.2, 0) is 22.6 Å². The Kier molecular flexibility index (Phi) is 6.77. The summed E-state index contributed by atoms with van der Waals surface area (Å²) in [4.78, 5) is 37.8. The third-order valence-electron chi connectivity index (χ3n) is 5.84. The molecule has 0 saturated carbocycles. The zero-order valence-electron chi connectivity index (χ0n) is 19.7. The Morgan fingerprint density at radius 3 is 2.60 bits per heavy atom. The van der Waals surface area contributed by atoms with Crippen molar-refractivity contribution in [2.45, 2.75) is 33.9 Å². The molecule has 0 aliphatic rings. The Labute approximate surface area is 200 Å². The summed E-state index contributed by atoms with van der Waals surface area (Å²) in [5.74, 6) is -1.28. The topological polar surface area (TPSA) is 95.2 Å². The summed E-state index contributed by atoms with van der Waals surface area (Å²) in [5, 5.41) is 7.95. The average Bonchev–Trinajstić information content (AvgIpc) is 3.07. The molecule has 0 aliphatic carbocycles. The fourth-order valence-corrected chi connectivity index (χ4v) is 4.07. The van der Waals surface area contributed by atoms with Crippen molar-refractivity contribution in [3.63, 3.8) is 0 Å². The second-order valence-electron chi connectivity index (χ2n) is 8.09. The molecule has 4 aromatic rings. The lowest BCUT2D eigenvalue weighted by molar-refractivity contribution is -0.117. The van der Waals surface area contributed by atoms with Gasteiger partial charge in [-0.25, -0.2) is 13.9 Å². The molecule has 2 heterocycles. The van der Waals surface area contributed by atoms with Crippen LogP contribution in [0.4, 0.5) is 10.1 Å². The van der Waals surface area contributed by atoms with Crippen LogP contribution < -0.4 is 10.9 Å². The number of rotatable bonds is 7. The number of nitrogens with one attached hydrogen (secondary N) is 1. The van der Waals surface area contributed by atoms with E-state index in [0.717, 1.165) is 10.4 Å². The third kappa shape index (κ3) is 4.84. The quantitative estimate of drug-likeness (QED) is 0.409. The molecule has 0 atom stereocenters. The van der Waals surface area contributed by atoms with Crippen LogP contribution in [0.1, 0.15) is 34.2 Å². The third-order valence-corrected chi connectivity index (χ3v) is 5.84. The highest BCUT2D eigenvalue weighted by atomic mass is 19.1. The SMILES string of the molecule is CCOC(=O)c1cccc(NC(=O)Cn2ncc3c(C)n(Cc4ccccc4F)c(C)c3c2=O)c1. The van der Waals surface area contributed by atoms with E-state index in [1.165, 1.54) is 12.1 Å². The standard InChI is InChI=1S/C26H25FN4O4/c1-4-35-26(34)18-9-7-10-20(12-18)29-23(32)15-31-25(33)24-17(3)30(16(2)21(24)13-28-31)14-19-8-5-6-11-22(19)27/h5-13H,4,14-15H2,1-3H3,(H,29,32). The van der Waals surface area contributed by atoms with E-state index in [1.54, 1.807) is 56.4 Å². The highest BCUT2D eigenvalue weighted by molar-refractivity contribution is 5.94. The molecule has 9 heteroatoms. The molecule has 0 bridgehead atoms. The number of carbonyl (C=O) groups is 2. The molecule has 8 nitrogen and oxygen atoms in total. The van der Waals surface area contributed by atoms with Crippen molar-refractivity contribution < 1.29 is 18.7 Å². The normalized spacial score (nSPS) is 11.0. The van der Waals surface area contributed by atoms with E-state index in [1.807, 2.05) is 11.5 Å². The van der Waals surface area contributed by atoms with Crippen molar-refractivity contribution in [1.29, 1.82) is 0 Å². The zero-order valence-corrected chi connectivity index (χ0v) is 19.7. The Morgan fingerprint density at radius 2 is 1.86 bits per heavy atom. The largest absolute Gasteiger partial charge is 0.462 e. The number of anilines is 1. The predicted octanol–water partition coefficient (Wildman–Crippen LogP) is 3.82. The number of aromatic nitrogens is 3. The van der Waals surface area contributed by atoms with Gasteiger partial charge in [0.05, 0.1) is 30.3 Å². The molecule has 2 aromatic carbocycles. The molecule has 0 saturated heterocycles. The van der Waals surface area contributed by atoms with Crippen LogP contribution in [0.2, 0.25) is 0 Å². The van der Waals surface area contributed by atoms with Crippen molar-refractivity contribution in [3.05, 3.63) is 93.4 Å². The fourth-order valence-electron chi connectivity index (χ4n) is 4.07. The number of fused-ring (bicyclic) bond motifs is 1. The van der Waals surface area contributed by atoms with Gasteiger partial charge in [-0.3, -0.25) is 9.59 Å². The molecule has 180 valence electrons. The van der Waals surface area contributed by atoms with Gasteiger partial charge in [-0.15, -0.1) is 0 Å². The van der Waals surface area contributed by atoms with E-state index in [0.29, 0.717) is 33.3 Å². The average molecular weight is 477 g/mol. The van der Waals surface area contributed by atoms with Gasteiger partial charge in [0, 0.05) is 28.0 Å². The Hall–Kier alpha value is -4.27. The van der Waals surface area contributed by atoms with Gasteiger partial charge in [-0.05, 0) is 45.0 Å². The Bertz CT molecular complexity index is 1490. The lowest BCUT2D eigenvalue weighted by Crippen LogP contribution is -2.29. The molecule has 2 aromatic heterocycles. The summed E-state index contributed by atoms with van der Waals surface area (Å²) in [5.41, 5.74) is 2.27. The minimum Gasteiger partial charge on any atom is -0.462 e. The minimum absolute atomic E-state index is 0.243. The summed E-state index contributed by atoms with van der Waals surface area (Å²) in [6, 6.07) is 12.9. The Balaban J connectivity index is 1.58. The van der Waals surface area contributed by atoms with Crippen LogP contribution in [0, 0.1) is 19.7 Å². The highest BCUT2D eigenvalue weighted by Gasteiger charge is 2.18. The summed E-state index contributed by atoms with van der Waals surface area (Å²) in [7, 11) is 0. The number of halogens is 1. The molecule has 35 heavy (non-hydrogen) atoms. The fraction of sp³-hybridized carbons (Fsp3) is 0.231. The van der Waals surface area contributed by atoms with Gasteiger partial charge >= 0.3 is 5.97 Å². The van der Waals surface area contributed by atoms with Gasteiger partial charge in [0.15, 0.2) is 0 Å². The lowest BCUT2D eigenvalue weighted by Gasteiger charge is -2.10. The van der Waals surface area contributed by atoms with E-state index in [-0.39, 0.29) is 25.5 Å². The summed E-state index contributed by atoms with van der Waals surface area (Å²) < 4.78 is 22.1. The number of aryl methyl sites for hydroxylation is 2. The summed E-state index contributed by atoms with van der Waals surface area (Å²) in [6.07, 6.45) is 1.55. The first-order valence-corrected chi connectivity index (χ1v) is 11.2. The maximum Gasteiger partial charge on any atom is 0.338 e. The maximum absolute atomic E-state index is 14.2. The number of nitrogens with zero attached hydrogens (tertiary/aromatic N) is 3. The van der Waals surface area contributed by atoms with Gasteiger partial charge in [-0.1, -0.05) is 24.3 Å². The predicted molar refractivity (Wildman–Crippen MR) is 130 cm³/mol. The Morgan fingerprint density at radius 1 is 1.09 bits per heavy atom. The number of amides is 1. The number of esters is 1. The minimum atomic E-state index is -0.488. The molecule has 0 spiro atoms. The van der Waals surface area contributed by atoms with Gasteiger partial charge in [-0.2, -0.15) is 5.10 Å². The van der Waals surface area contributed by atoms with E-state index < -0.39 is 17.4 Å². The van der Waals surface area contributed by atoms with Crippen LogP contribution in [0.25, 0.3) is 10.8 Å².